The van der Waals surface area contributed by atoms with Crippen LogP contribution in [0, 0.1) is 0 Å². The summed E-state index contributed by atoms with van der Waals surface area (Å²) in [6.45, 7) is 0.515. The largest absolute Gasteiger partial charge is 0.480 e. The SMILES string of the molecule is O=C(O)[C@H](Cc1c[nH]c2ccccc12)NCc1cccc2ccccc12. The number of H-pyrrole nitrogens is 1. The van der Waals surface area contributed by atoms with E-state index in [-0.39, 0.29) is 0 Å². The van der Waals surface area contributed by atoms with Crippen molar-refractivity contribution in [2.75, 3.05) is 0 Å². The highest BCUT2D eigenvalue weighted by Gasteiger charge is 2.19. The van der Waals surface area contributed by atoms with Gasteiger partial charge in [0.1, 0.15) is 6.04 Å². The molecule has 0 aliphatic rings. The summed E-state index contributed by atoms with van der Waals surface area (Å²) in [4.78, 5) is 15.0. The van der Waals surface area contributed by atoms with Gasteiger partial charge in [-0.1, -0.05) is 60.7 Å². The van der Waals surface area contributed by atoms with Crippen LogP contribution in [0.3, 0.4) is 0 Å². The first kappa shape index (κ1) is 16.4. The second-order valence-corrected chi connectivity index (χ2v) is 6.47. The van der Waals surface area contributed by atoms with Crippen molar-refractivity contribution in [3.63, 3.8) is 0 Å². The third-order valence-corrected chi connectivity index (χ3v) is 4.82. The smallest absolute Gasteiger partial charge is 0.321 e. The zero-order chi connectivity index (χ0) is 17.9. The van der Waals surface area contributed by atoms with E-state index in [1.807, 2.05) is 54.7 Å². The fraction of sp³-hybridized carbons (Fsp3) is 0.136. The maximum absolute atomic E-state index is 11.8. The second kappa shape index (κ2) is 7.02. The molecule has 0 amide bonds. The number of hydrogen-bond acceptors (Lipinski definition) is 2. The van der Waals surface area contributed by atoms with Crippen molar-refractivity contribution in [1.82, 2.24) is 10.3 Å². The van der Waals surface area contributed by atoms with Crippen molar-refractivity contribution in [3.8, 4) is 0 Å². The van der Waals surface area contributed by atoms with Gasteiger partial charge in [0.15, 0.2) is 0 Å². The lowest BCUT2D eigenvalue weighted by Crippen LogP contribution is -2.38. The molecule has 4 rings (SSSR count). The maximum atomic E-state index is 11.8. The molecule has 0 bridgehead atoms. The molecule has 0 saturated heterocycles. The minimum atomic E-state index is -0.837. The molecule has 0 saturated carbocycles. The number of para-hydroxylation sites is 1. The van der Waals surface area contributed by atoms with Gasteiger partial charge < -0.3 is 10.1 Å². The van der Waals surface area contributed by atoms with Gasteiger partial charge in [0, 0.05) is 30.1 Å². The van der Waals surface area contributed by atoms with Gasteiger partial charge >= 0.3 is 5.97 Å². The Morgan fingerprint density at radius 3 is 2.50 bits per heavy atom. The van der Waals surface area contributed by atoms with Crippen molar-refractivity contribution in [2.45, 2.75) is 19.0 Å². The average Bonchev–Trinajstić information content (AvgIpc) is 3.08. The van der Waals surface area contributed by atoms with Crippen molar-refractivity contribution >= 4 is 27.6 Å². The fourth-order valence-electron chi connectivity index (χ4n) is 3.45. The summed E-state index contributed by atoms with van der Waals surface area (Å²) in [5, 5.41) is 16.3. The number of aromatic amines is 1. The summed E-state index contributed by atoms with van der Waals surface area (Å²) in [6.07, 6.45) is 2.34. The van der Waals surface area contributed by atoms with Crippen LogP contribution in [0.25, 0.3) is 21.7 Å². The third kappa shape index (κ3) is 3.19. The number of nitrogens with one attached hydrogen (secondary N) is 2. The van der Waals surface area contributed by atoms with Crippen LogP contribution in [-0.2, 0) is 17.8 Å². The van der Waals surface area contributed by atoms with Crippen molar-refractivity contribution < 1.29 is 9.90 Å². The van der Waals surface area contributed by atoms with E-state index in [2.05, 4.69) is 28.5 Å². The molecule has 0 fully saturated rings. The molecule has 3 N–H and O–H groups in total. The highest BCUT2D eigenvalue weighted by Crippen LogP contribution is 2.21. The summed E-state index contributed by atoms with van der Waals surface area (Å²) in [6, 6.07) is 21.6. The van der Waals surface area contributed by atoms with E-state index in [1.165, 1.54) is 0 Å². The Bertz CT molecular complexity index is 1060. The summed E-state index contributed by atoms with van der Waals surface area (Å²) >= 11 is 0. The molecular weight excluding hydrogens is 324 g/mol. The standard InChI is InChI=1S/C22H20N2O2/c25-22(26)21(12-17-14-23-20-11-4-3-10-19(17)20)24-13-16-8-5-7-15-6-1-2-9-18(15)16/h1-11,14,21,23-24H,12-13H2,(H,25,26)/t21-/m0/s1. The normalized spacial score (nSPS) is 12.5. The summed E-state index contributed by atoms with van der Waals surface area (Å²) < 4.78 is 0. The molecule has 4 heteroatoms. The first-order chi connectivity index (χ1) is 12.7. The zero-order valence-corrected chi connectivity index (χ0v) is 14.3. The quantitative estimate of drug-likeness (QED) is 0.493. The minimum absolute atomic E-state index is 0.435. The second-order valence-electron chi connectivity index (χ2n) is 6.47. The maximum Gasteiger partial charge on any atom is 0.321 e. The number of carboxylic acid groups (broad SMARTS) is 1. The number of fused-ring (bicyclic) bond motifs is 2. The zero-order valence-electron chi connectivity index (χ0n) is 14.3. The molecular formula is C22H20N2O2. The van der Waals surface area contributed by atoms with Gasteiger partial charge in [-0.2, -0.15) is 0 Å². The van der Waals surface area contributed by atoms with Crippen LogP contribution in [0.5, 0.6) is 0 Å². The number of rotatable bonds is 6. The molecule has 4 aromatic rings. The molecule has 0 spiro atoms. The molecule has 1 heterocycles. The topological polar surface area (TPSA) is 65.1 Å². The van der Waals surface area contributed by atoms with E-state index in [1.54, 1.807) is 0 Å². The van der Waals surface area contributed by atoms with Gasteiger partial charge in [-0.3, -0.25) is 10.1 Å². The molecule has 4 nitrogen and oxygen atoms in total. The van der Waals surface area contributed by atoms with Gasteiger partial charge in [-0.05, 0) is 28.0 Å². The summed E-state index contributed by atoms with van der Waals surface area (Å²) in [5.41, 5.74) is 3.15. The predicted octanol–water partition coefficient (Wildman–Crippen LogP) is 4.11. The van der Waals surface area contributed by atoms with Crippen molar-refractivity contribution in [1.29, 1.82) is 0 Å². The van der Waals surface area contributed by atoms with Gasteiger partial charge in [0.05, 0.1) is 0 Å². The molecule has 26 heavy (non-hydrogen) atoms. The van der Waals surface area contributed by atoms with Crippen LogP contribution in [-0.4, -0.2) is 22.1 Å². The summed E-state index contributed by atoms with van der Waals surface area (Å²) in [5.74, 6) is -0.837. The van der Waals surface area contributed by atoms with E-state index >= 15 is 0 Å². The molecule has 0 unspecified atom stereocenters. The van der Waals surface area contributed by atoms with Gasteiger partial charge in [0.2, 0.25) is 0 Å². The van der Waals surface area contributed by atoms with Crippen LogP contribution >= 0.6 is 0 Å². The Morgan fingerprint density at radius 1 is 0.923 bits per heavy atom. The first-order valence-corrected chi connectivity index (χ1v) is 8.70. The lowest BCUT2D eigenvalue weighted by molar-refractivity contribution is -0.139. The number of carbonyl (C=O) groups is 1. The number of aliphatic carboxylic acids is 1. The van der Waals surface area contributed by atoms with Crippen molar-refractivity contribution in [3.05, 3.63) is 84.1 Å². The van der Waals surface area contributed by atoms with E-state index in [0.29, 0.717) is 13.0 Å². The van der Waals surface area contributed by atoms with Crippen LogP contribution in [0.2, 0.25) is 0 Å². The lowest BCUT2D eigenvalue weighted by atomic mass is 10.0. The molecule has 1 aromatic heterocycles. The molecule has 1 atom stereocenters. The molecule has 0 aliphatic carbocycles. The highest BCUT2D eigenvalue weighted by atomic mass is 16.4. The molecule has 3 aromatic carbocycles. The number of hydrogen-bond donors (Lipinski definition) is 3. The Kier molecular flexibility index (Phi) is 4.42. The highest BCUT2D eigenvalue weighted by molar-refractivity contribution is 5.86. The van der Waals surface area contributed by atoms with Gasteiger partial charge in [0.25, 0.3) is 0 Å². The fourth-order valence-corrected chi connectivity index (χ4v) is 3.45. The van der Waals surface area contributed by atoms with Crippen LogP contribution in [0.1, 0.15) is 11.1 Å². The predicted molar refractivity (Wildman–Crippen MR) is 104 cm³/mol. The Balaban J connectivity index is 1.55. The minimum Gasteiger partial charge on any atom is -0.480 e. The van der Waals surface area contributed by atoms with Crippen LogP contribution in [0.4, 0.5) is 0 Å². The Hall–Kier alpha value is -3.11. The number of carboxylic acids is 1. The Labute approximate surface area is 151 Å². The molecule has 0 aliphatic heterocycles. The van der Waals surface area contributed by atoms with E-state index < -0.39 is 12.0 Å². The molecule has 130 valence electrons. The number of benzene rings is 3. The van der Waals surface area contributed by atoms with Crippen LogP contribution < -0.4 is 5.32 Å². The van der Waals surface area contributed by atoms with E-state index in [4.69, 9.17) is 0 Å². The van der Waals surface area contributed by atoms with E-state index in [0.717, 1.165) is 32.8 Å². The third-order valence-electron chi connectivity index (χ3n) is 4.82. The van der Waals surface area contributed by atoms with Crippen LogP contribution in [0.15, 0.2) is 72.9 Å². The average molecular weight is 344 g/mol. The van der Waals surface area contributed by atoms with Gasteiger partial charge in [-0.25, -0.2) is 0 Å². The first-order valence-electron chi connectivity index (χ1n) is 8.70. The Morgan fingerprint density at radius 2 is 1.65 bits per heavy atom. The van der Waals surface area contributed by atoms with Crippen molar-refractivity contribution in [2.24, 2.45) is 0 Å². The monoisotopic (exact) mass is 344 g/mol. The lowest BCUT2D eigenvalue weighted by Gasteiger charge is -2.15. The summed E-state index contributed by atoms with van der Waals surface area (Å²) in [7, 11) is 0. The van der Waals surface area contributed by atoms with Gasteiger partial charge in [-0.15, -0.1) is 0 Å². The van der Waals surface area contributed by atoms with E-state index in [9.17, 15) is 9.90 Å². The number of aromatic nitrogens is 1. The molecule has 0 radical (unpaired) electrons.